The van der Waals surface area contributed by atoms with Gasteiger partial charge in [0.1, 0.15) is 5.15 Å². The first kappa shape index (κ1) is 13.1. The lowest BCUT2D eigenvalue weighted by Gasteiger charge is -2.31. The predicted octanol–water partition coefficient (Wildman–Crippen LogP) is 2.62. The van der Waals surface area contributed by atoms with Crippen molar-refractivity contribution in [3.05, 3.63) is 22.8 Å². The van der Waals surface area contributed by atoms with Crippen LogP contribution in [0.4, 0.5) is 0 Å². The molecule has 1 aromatic heterocycles. The van der Waals surface area contributed by atoms with Crippen LogP contribution in [-0.2, 0) is 0 Å². The minimum atomic E-state index is 0.00384. The van der Waals surface area contributed by atoms with E-state index in [1.54, 1.807) is 12.1 Å². The van der Waals surface area contributed by atoms with Crippen molar-refractivity contribution in [3.8, 4) is 5.88 Å². The van der Waals surface area contributed by atoms with Crippen LogP contribution in [0.2, 0.25) is 5.15 Å². The Bertz CT molecular complexity index is 451. The van der Waals surface area contributed by atoms with E-state index in [4.69, 9.17) is 16.3 Å². The fraction of sp³-hybridized carbons (Fsp3) is 0.538. The van der Waals surface area contributed by atoms with Gasteiger partial charge in [0.15, 0.2) is 0 Å². The number of hydrogen-bond donors (Lipinski definition) is 0. The van der Waals surface area contributed by atoms with E-state index in [-0.39, 0.29) is 11.1 Å². The molecule has 1 aliphatic heterocycles. The molecule has 0 radical (unpaired) electrons. The predicted molar refractivity (Wildman–Crippen MR) is 70.1 cm³/mol. The monoisotopic (exact) mass is 268 g/mol. The average Bonchev–Trinajstić information content (AvgIpc) is 2.37. The van der Waals surface area contributed by atoms with Gasteiger partial charge in [-0.05, 0) is 24.8 Å². The van der Waals surface area contributed by atoms with E-state index in [1.807, 2.05) is 4.90 Å². The maximum absolute atomic E-state index is 12.3. The van der Waals surface area contributed by atoms with Crippen LogP contribution in [0.25, 0.3) is 0 Å². The minimum absolute atomic E-state index is 0.00384. The third kappa shape index (κ3) is 2.93. The highest BCUT2D eigenvalue weighted by Gasteiger charge is 2.22. The summed E-state index contributed by atoms with van der Waals surface area (Å²) in [4.78, 5) is 18.2. The van der Waals surface area contributed by atoms with Gasteiger partial charge in [0.25, 0.3) is 5.91 Å². The molecule has 0 saturated carbocycles. The standard InChI is InChI=1S/C13H17ClN2O2/c1-9-4-3-5-16(8-9)13(17)10-6-11(14)15-12(7-10)18-2/h6-7,9H,3-5,8H2,1-2H3. The Kier molecular flexibility index (Phi) is 4.07. The highest BCUT2D eigenvalue weighted by molar-refractivity contribution is 6.29. The molecule has 2 heterocycles. The molecule has 1 atom stereocenters. The number of hydrogen-bond acceptors (Lipinski definition) is 3. The van der Waals surface area contributed by atoms with Gasteiger partial charge < -0.3 is 9.64 Å². The summed E-state index contributed by atoms with van der Waals surface area (Å²) in [5.41, 5.74) is 0.543. The van der Waals surface area contributed by atoms with Crippen LogP contribution >= 0.6 is 11.6 Å². The Morgan fingerprint density at radius 1 is 1.56 bits per heavy atom. The second kappa shape index (κ2) is 5.57. The number of piperidine rings is 1. The van der Waals surface area contributed by atoms with Crippen LogP contribution in [0.1, 0.15) is 30.1 Å². The lowest BCUT2D eigenvalue weighted by Crippen LogP contribution is -2.39. The maximum Gasteiger partial charge on any atom is 0.254 e. The number of carbonyl (C=O) groups excluding carboxylic acids is 1. The summed E-state index contributed by atoms with van der Waals surface area (Å²) in [5.74, 6) is 0.932. The number of ether oxygens (including phenoxy) is 1. The first-order valence-corrected chi connectivity index (χ1v) is 6.49. The van der Waals surface area contributed by atoms with Crippen LogP contribution in [0.5, 0.6) is 5.88 Å². The highest BCUT2D eigenvalue weighted by atomic mass is 35.5. The molecule has 0 aromatic carbocycles. The van der Waals surface area contributed by atoms with E-state index in [0.29, 0.717) is 17.4 Å². The van der Waals surface area contributed by atoms with Crippen LogP contribution in [-0.4, -0.2) is 36.0 Å². The number of nitrogens with zero attached hydrogens (tertiary/aromatic N) is 2. The Balaban J connectivity index is 2.19. The summed E-state index contributed by atoms with van der Waals surface area (Å²) < 4.78 is 5.03. The van der Waals surface area contributed by atoms with Crippen LogP contribution < -0.4 is 4.74 Å². The van der Waals surface area contributed by atoms with Crippen LogP contribution in [0.15, 0.2) is 12.1 Å². The van der Waals surface area contributed by atoms with Crippen molar-refractivity contribution in [2.24, 2.45) is 5.92 Å². The number of amides is 1. The number of pyridine rings is 1. The molecule has 1 aliphatic rings. The smallest absolute Gasteiger partial charge is 0.254 e. The molecule has 0 aliphatic carbocycles. The summed E-state index contributed by atoms with van der Waals surface area (Å²) in [7, 11) is 1.51. The van der Waals surface area contributed by atoms with Gasteiger partial charge in [-0.3, -0.25) is 4.79 Å². The molecule has 1 unspecified atom stereocenters. The molecule has 1 amide bonds. The van der Waals surface area contributed by atoms with E-state index >= 15 is 0 Å². The van der Waals surface area contributed by atoms with Gasteiger partial charge in [0.2, 0.25) is 5.88 Å². The lowest BCUT2D eigenvalue weighted by molar-refractivity contribution is 0.0682. The summed E-state index contributed by atoms with van der Waals surface area (Å²) in [6, 6.07) is 3.22. The van der Waals surface area contributed by atoms with Gasteiger partial charge in [0.05, 0.1) is 7.11 Å². The number of rotatable bonds is 2. The maximum atomic E-state index is 12.3. The Morgan fingerprint density at radius 3 is 3.00 bits per heavy atom. The number of carbonyl (C=O) groups is 1. The summed E-state index contributed by atoms with van der Waals surface area (Å²) in [6.45, 7) is 3.78. The second-order valence-electron chi connectivity index (χ2n) is 4.72. The van der Waals surface area contributed by atoms with Crippen molar-refractivity contribution < 1.29 is 9.53 Å². The van der Waals surface area contributed by atoms with Crippen molar-refractivity contribution >= 4 is 17.5 Å². The lowest BCUT2D eigenvalue weighted by atomic mass is 10.00. The second-order valence-corrected chi connectivity index (χ2v) is 5.11. The van der Waals surface area contributed by atoms with Crippen molar-refractivity contribution in [2.45, 2.75) is 19.8 Å². The van der Waals surface area contributed by atoms with E-state index in [0.717, 1.165) is 19.5 Å². The molecule has 4 nitrogen and oxygen atoms in total. The molecule has 0 N–H and O–H groups in total. The summed E-state index contributed by atoms with van der Waals surface area (Å²) in [5, 5.41) is 0.280. The molecule has 1 fully saturated rings. The molecule has 5 heteroatoms. The van der Waals surface area contributed by atoms with Crippen LogP contribution in [0.3, 0.4) is 0 Å². The number of methoxy groups -OCH3 is 1. The van der Waals surface area contributed by atoms with E-state index in [2.05, 4.69) is 11.9 Å². The Morgan fingerprint density at radius 2 is 2.33 bits per heavy atom. The largest absolute Gasteiger partial charge is 0.481 e. The van der Waals surface area contributed by atoms with E-state index in [1.165, 1.54) is 13.5 Å². The number of halogens is 1. The molecular formula is C13H17ClN2O2. The van der Waals surface area contributed by atoms with Gasteiger partial charge in [-0.2, -0.15) is 0 Å². The van der Waals surface area contributed by atoms with Crippen molar-refractivity contribution in [3.63, 3.8) is 0 Å². The molecule has 1 saturated heterocycles. The van der Waals surface area contributed by atoms with Gasteiger partial charge in [-0.1, -0.05) is 18.5 Å². The molecule has 2 rings (SSSR count). The zero-order valence-electron chi connectivity index (χ0n) is 10.6. The molecule has 98 valence electrons. The van der Waals surface area contributed by atoms with E-state index in [9.17, 15) is 4.79 Å². The van der Waals surface area contributed by atoms with Crippen molar-refractivity contribution in [2.75, 3.05) is 20.2 Å². The summed E-state index contributed by atoms with van der Waals surface area (Å²) in [6.07, 6.45) is 2.24. The first-order chi connectivity index (χ1) is 8.60. The topological polar surface area (TPSA) is 42.4 Å². The fourth-order valence-electron chi connectivity index (χ4n) is 2.26. The van der Waals surface area contributed by atoms with Gasteiger partial charge in [-0.15, -0.1) is 0 Å². The molecular weight excluding hydrogens is 252 g/mol. The molecule has 0 bridgehead atoms. The molecule has 1 aromatic rings. The zero-order chi connectivity index (χ0) is 13.1. The normalized spacial score (nSPS) is 19.7. The minimum Gasteiger partial charge on any atom is -0.481 e. The average molecular weight is 269 g/mol. The summed E-state index contributed by atoms with van der Waals surface area (Å²) >= 11 is 5.88. The zero-order valence-corrected chi connectivity index (χ0v) is 11.4. The third-order valence-electron chi connectivity index (χ3n) is 3.17. The fourth-order valence-corrected chi connectivity index (χ4v) is 2.46. The first-order valence-electron chi connectivity index (χ1n) is 6.11. The Labute approximate surface area is 112 Å². The highest BCUT2D eigenvalue weighted by Crippen LogP contribution is 2.21. The van der Waals surface area contributed by atoms with Crippen molar-refractivity contribution in [1.29, 1.82) is 0 Å². The van der Waals surface area contributed by atoms with Gasteiger partial charge in [-0.25, -0.2) is 4.98 Å². The Hall–Kier alpha value is -1.29. The van der Waals surface area contributed by atoms with Gasteiger partial charge in [0, 0.05) is 24.7 Å². The molecule has 18 heavy (non-hydrogen) atoms. The van der Waals surface area contributed by atoms with Crippen LogP contribution in [0, 0.1) is 5.92 Å². The van der Waals surface area contributed by atoms with Gasteiger partial charge >= 0.3 is 0 Å². The third-order valence-corrected chi connectivity index (χ3v) is 3.36. The molecule has 0 spiro atoms. The quantitative estimate of drug-likeness (QED) is 0.775. The number of likely N-dealkylation sites (tertiary alicyclic amines) is 1. The van der Waals surface area contributed by atoms with Crippen molar-refractivity contribution in [1.82, 2.24) is 9.88 Å². The SMILES string of the molecule is COc1cc(C(=O)N2CCCC(C)C2)cc(Cl)n1. The number of aromatic nitrogens is 1. The van der Waals surface area contributed by atoms with E-state index < -0.39 is 0 Å².